The fraction of sp³-hybridized carbons (Fsp3) is 0.200. The highest BCUT2D eigenvalue weighted by Gasteiger charge is 2.01. The van der Waals surface area contributed by atoms with Gasteiger partial charge in [-0.25, -0.2) is 0 Å². The van der Waals surface area contributed by atoms with Crippen LogP contribution >= 0.6 is 0 Å². The van der Waals surface area contributed by atoms with Gasteiger partial charge in [-0.3, -0.25) is 0 Å². The monoisotopic (exact) mass is 260 g/mol. The number of hydrogen-bond donors (Lipinski definition) is 0. The first-order chi connectivity index (χ1) is 9.61. The molecule has 0 fully saturated rings. The second kappa shape index (κ2) is 5.13. The van der Waals surface area contributed by atoms with Gasteiger partial charge >= 0.3 is 0 Å². The lowest BCUT2D eigenvalue weighted by Gasteiger charge is -2.07. The molecule has 0 unspecified atom stereocenters. The van der Waals surface area contributed by atoms with Gasteiger partial charge < -0.3 is 0 Å². The molecular weight excluding hydrogens is 240 g/mol. The molecule has 0 nitrogen and oxygen atoms in total. The fourth-order valence-corrected chi connectivity index (χ4v) is 2.67. The van der Waals surface area contributed by atoms with Crippen LogP contribution in [0.25, 0.3) is 10.8 Å². The van der Waals surface area contributed by atoms with Gasteiger partial charge in [0.2, 0.25) is 0 Å². The largest absolute Gasteiger partial charge is 0.0588 e. The minimum atomic E-state index is 1.00. The van der Waals surface area contributed by atoms with Crippen LogP contribution in [0.2, 0.25) is 0 Å². The Balaban J connectivity index is 1.95. The van der Waals surface area contributed by atoms with Crippen molar-refractivity contribution in [2.45, 2.75) is 27.2 Å². The van der Waals surface area contributed by atoms with Gasteiger partial charge in [-0.15, -0.1) is 0 Å². The number of rotatable bonds is 2. The van der Waals surface area contributed by atoms with Crippen molar-refractivity contribution in [3.05, 3.63) is 82.4 Å². The van der Waals surface area contributed by atoms with Crippen LogP contribution < -0.4 is 0 Å². The van der Waals surface area contributed by atoms with Crippen LogP contribution in [0.5, 0.6) is 0 Å². The summed E-state index contributed by atoms with van der Waals surface area (Å²) in [4.78, 5) is 0. The fourth-order valence-electron chi connectivity index (χ4n) is 2.67. The van der Waals surface area contributed by atoms with E-state index < -0.39 is 0 Å². The Hall–Kier alpha value is -2.08. The molecule has 20 heavy (non-hydrogen) atoms. The van der Waals surface area contributed by atoms with Crippen LogP contribution in [0, 0.1) is 20.8 Å². The zero-order valence-electron chi connectivity index (χ0n) is 12.4. The molecule has 0 radical (unpaired) electrons. The highest BCUT2D eigenvalue weighted by Crippen LogP contribution is 2.20. The Morgan fingerprint density at radius 1 is 0.600 bits per heavy atom. The molecule has 0 spiro atoms. The summed E-state index contributed by atoms with van der Waals surface area (Å²) >= 11 is 0. The molecule has 0 saturated heterocycles. The second-order valence-electron chi connectivity index (χ2n) is 5.78. The smallest absolute Gasteiger partial charge is 0.00254 e. The predicted octanol–water partition coefficient (Wildman–Crippen LogP) is 5.36. The topological polar surface area (TPSA) is 0 Å². The quantitative estimate of drug-likeness (QED) is 0.582. The molecule has 0 aliphatic rings. The van der Waals surface area contributed by atoms with Crippen molar-refractivity contribution < 1.29 is 0 Å². The molecule has 0 atom stereocenters. The first kappa shape index (κ1) is 12.9. The van der Waals surface area contributed by atoms with E-state index in [1.54, 1.807) is 0 Å². The molecule has 0 aromatic heterocycles. The average molecular weight is 260 g/mol. The third-order valence-corrected chi connectivity index (χ3v) is 4.04. The van der Waals surface area contributed by atoms with Crippen LogP contribution in [0.1, 0.15) is 27.8 Å². The van der Waals surface area contributed by atoms with E-state index in [-0.39, 0.29) is 0 Å². The van der Waals surface area contributed by atoms with Crippen LogP contribution in [0.3, 0.4) is 0 Å². The summed E-state index contributed by atoms with van der Waals surface area (Å²) in [6.07, 6.45) is 1.00. The summed E-state index contributed by atoms with van der Waals surface area (Å²) < 4.78 is 0. The number of benzene rings is 3. The highest BCUT2D eigenvalue weighted by atomic mass is 14.1. The zero-order valence-corrected chi connectivity index (χ0v) is 12.4. The summed E-state index contributed by atoms with van der Waals surface area (Å²) in [5, 5.41) is 2.66. The van der Waals surface area contributed by atoms with E-state index in [9.17, 15) is 0 Å². The third-order valence-electron chi connectivity index (χ3n) is 4.04. The van der Waals surface area contributed by atoms with Crippen molar-refractivity contribution in [1.82, 2.24) is 0 Å². The van der Waals surface area contributed by atoms with Crippen LogP contribution in [0.15, 0.2) is 54.6 Å². The van der Waals surface area contributed by atoms with Crippen molar-refractivity contribution in [1.29, 1.82) is 0 Å². The zero-order chi connectivity index (χ0) is 14.1. The first-order valence-electron chi connectivity index (χ1n) is 7.17. The standard InChI is InChI=1S/C20H20/c1-14-4-8-19-9-7-18(13-20(19)10-14)12-17-6-5-15(2)16(3)11-17/h4-11,13H,12H2,1-3H3. The van der Waals surface area contributed by atoms with Crippen LogP contribution in [-0.4, -0.2) is 0 Å². The van der Waals surface area contributed by atoms with Gasteiger partial charge in [0.25, 0.3) is 0 Å². The van der Waals surface area contributed by atoms with Gasteiger partial charge in [0, 0.05) is 0 Å². The van der Waals surface area contributed by atoms with E-state index in [1.165, 1.54) is 38.6 Å². The summed E-state index contributed by atoms with van der Waals surface area (Å²) in [5.74, 6) is 0. The number of hydrogen-bond acceptors (Lipinski definition) is 0. The molecule has 0 aliphatic carbocycles. The Bertz CT molecular complexity index is 766. The first-order valence-corrected chi connectivity index (χ1v) is 7.17. The van der Waals surface area contributed by atoms with E-state index in [2.05, 4.69) is 75.4 Å². The Kier molecular flexibility index (Phi) is 3.31. The minimum Gasteiger partial charge on any atom is -0.0588 e. The maximum absolute atomic E-state index is 2.32. The van der Waals surface area contributed by atoms with Crippen molar-refractivity contribution in [3.63, 3.8) is 0 Å². The van der Waals surface area contributed by atoms with Crippen molar-refractivity contribution >= 4 is 10.8 Å². The highest BCUT2D eigenvalue weighted by molar-refractivity contribution is 5.83. The third kappa shape index (κ3) is 2.60. The summed E-state index contributed by atoms with van der Waals surface area (Å²) in [5.41, 5.74) is 6.83. The molecule has 0 N–H and O–H groups in total. The second-order valence-corrected chi connectivity index (χ2v) is 5.78. The summed E-state index contributed by atoms with van der Waals surface area (Å²) in [7, 11) is 0. The molecule has 0 heterocycles. The van der Waals surface area contributed by atoms with E-state index in [4.69, 9.17) is 0 Å². The minimum absolute atomic E-state index is 1.00. The Morgan fingerprint density at radius 3 is 2.10 bits per heavy atom. The van der Waals surface area contributed by atoms with Crippen LogP contribution in [-0.2, 0) is 6.42 Å². The van der Waals surface area contributed by atoms with Gasteiger partial charge in [0.15, 0.2) is 0 Å². The predicted molar refractivity (Wildman–Crippen MR) is 87.4 cm³/mol. The normalized spacial score (nSPS) is 10.9. The average Bonchev–Trinajstić information content (AvgIpc) is 2.42. The van der Waals surface area contributed by atoms with Gasteiger partial charge in [-0.05, 0) is 60.2 Å². The molecule has 0 amide bonds. The summed E-state index contributed by atoms with van der Waals surface area (Å²) in [6, 6.07) is 20.2. The molecular formula is C20H20. The maximum atomic E-state index is 2.32. The summed E-state index contributed by atoms with van der Waals surface area (Å²) in [6.45, 7) is 6.50. The Morgan fingerprint density at radius 2 is 1.30 bits per heavy atom. The van der Waals surface area contributed by atoms with Crippen LogP contribution in [0.4, 0.5) is 0 Å². The lowest BCUT2D eigenvalue weighted by molar-refractivity contribution is 1.17. The van der Waals surface area contributed by atoms with Crippen molar-refractivity contribution in [2.75, 3.05) is 0 Å². The number of aryl methyl sites for hydroxylation is 3. The van der Waals surface area contributed by atoms with Crippen molar-refractivity contribution in [3.8, 4) is 0 Å². The van der Waals surface area contributed by atoms with Gasteiger partial charge in [0.1, 0.15) is 0 Å². The van der Waals surface area contributed by atoms with E-state index in [0.29, 0.717) is 0 Å². The molecule has 3 rings (SSSR count). The molecule has 3 aromatic carbocycles. The van der Waals surface area contributed by atoms with Gasteiger partial charge in [-0.2, -0.15) is 0 Å². The lowest BCUT2D eigenvalue weighted by atomic mass is 9.98. The number of fused-ring (bicyclic) bond motifs is 1. The molecule has 0 bridgehead atoms. The van der Waals surface area contributed by atoms with E-state index in [0.717, 1.165) is 6.42 Å². The van der Waals surface area contributed by atoms with Crippen molar-refractivity contribution in [2.24, 2.45) is 0 Å². The van der Waals surface area contributed by atoms with E-state index >= 15 is 0 Å². The SMILES string of the molecule is Cc1ccc2ccc(Cc3ccc(C)c(C)c3)cc2c1. The molecule has 0 saturated carbocycles. The van der Waals surface area contributed by atoms with Gasteiger partial charge in [0.05, 0.1) is 0 Å². The molecule has 100 valence electrons. The Labute approximate surface area is 121 Å². The molecule has 3 aromatic rings. The van der Waals surface area contributed by atoms with E-state index in [1.807, 2.05) is 0 Å². The lowest BCUT2D eigenvalue weighted by Crippen LogP contribution is -1.91. The van der Waals surface area contributed by atoms with Gasteiger partial charge in [-0.1, -0.05) is 60.2 Å². The molecule has 0 heteroatoms. The maximum Gasteiger partial charge on any atom is -0.00254 e. The molecule has 0 aliphatic heterocycles.